The van der Waals surface area contributed by atoms with Crippen LogP contribution in [0.4, 0.5) is 0 Å². The Morgan fingerprint density at radius 3 is 2.69 bits per heavy atom. The molecule has 0 fully saturated rings. The van der Waals surface area contributed by atoms with Crippen LogP contribution in [0.5, 0.6) is 0 Å². The van der Waals surface area contributed by atoms with Crippen LogP contribution in [-0.4, -0.2) is 16.0 Å². The van der Waals surface area contributed by atoms with Crippen LogP contribution < -0.4 is 0 Å². The zero-order valence-electron chi connectivity index (χ0n) is 9.73. The number of hydrogen-bond donors (Lipinski definition) is 0. The van der Waals surface area contributed by atoms with E-state index in [1.807, 2.05) is 55.8 Å². The predicted octanol–water partition coefficient (Wildman–Crippen LogP) is 2.89. The normalized spacial score (nSPS) is 11.7. The Morgan fingerprint density at radius 1 is 1.25 bits per heavy atom. The fraction of sp³-hybridized carbons (Fsp3) is 0.308. The number of pyridine rings is 1. The topological polar surface area (TPSA) is 30.7 Å². The summed E-state index contributed by atoms with van der Waals surface area (Å²) in [7, 11) is 0. The predicted molar refractivity (Wildman–Crippen MR) is 62.6 cm³/mol. The van der Waals surface area contributed by atoms with Gasteiger partial charge in [0.2, 0.25) is 0 Å². The second-order valence-corrected chi connectivity index (χ2v) is 4.76. The minimum atomic E-state index is -0.453. The highest BCUT2D eigenvalue weighted by atomic mass is 16.6. The Kier molecular flexibility index (Phi) is 2.46. The molecule has 0 saturated carbocycles. The minimum absolute atomic E-state index is 0.281. The van der Waals surface area contributed by atoms with Crippen molar-refractivity contribution in [2.24, 2.45) is 0 Å². The highest BCUT2D eigenvalue weighted by Gasteiger charge is 2.17. The van der Waals surface area contributed by atoms with Crippen molar-refractivity contribution < 1.29 is 9.53 Å². The Labute approximate surface area is 94.6 Å². The Morgan fingerprint density at radius 2 is 2.00 bits per heavy atom. The summed E-state index contributed by atoms with van der Waals surface area (Å²) in [5.41, 5.74) is 1.12. The molecule has 2 rings (SSSR count). The maximum atomic E-state index is 11.8. The van der Waals surface area contributed by atoms with Crippen molar-refractivity contribution >= 4 is 11.5 Å². The van der Waals surface area contributed by atoms with E-state index in [2.05, 4.69) is 0 Å². The van der Waals surface area contributed by atoms with Gasteiger partial charge in [-0.15, -0.1) is 0 Å². The second-order valence-electron chi connectivity index (χ2n) is 4.76. The van der Waals surface area contributed by atoms with Gasteiger partial charge >= 0.3 is 5.97 Å². The monoisotopic (exact) mass is 217 g/mol. The van der Waals surface area contributed by atoms with E-state index in [4.69, 9.17) is 4.74 Å². The summed E-state index contributed by atoms with van der Waals surface area (Å²) in [6.07, 6.45) is 3.79. The van der Waals surface area contributed by atoms with Crippen molar-refractivity contribution in [1.29, 1.82) is 0 Å². The molecule has 0 N–H and O–H groups in total. The van der Waals surface area contributed by atoms with E-state index in [1.165, 1.54) is 0 Å². The maximum absolute atomic E-state index is 11.8. The summed E-state index contributed by atoms with van der Waals surface area (Å²) < 4.78 is 7.25. The van der Waals surface area contributed by atoms with E-state index in [-0.39, 0.29) is 5.97 Å². The minimum Gasteiger partial charge on any atom is -0.456 e. The molecule has 0 atom stereocenters. The average Bonchev–Trinajstić information content (AvgIpc) is 2.61. The molecule has 0 spiro atoms. The lowest BCUT2D eigenvalue weighted by atomic mass is 10.2. The first-order valence-electron chi connectivity index (χ1n) is 5.26. The molecule has 3 heteroatoms. The number of rotatable bonds is 1. The summed E-state index contributed by atoms with van der Waals surface area (Å²) in [4.78, 5) is 11.8. The molecular weight excluding hydrogens is 202 g/mol. The smallest absolute Gasteiger partial charge is 0.338 e. The first kappa shape index (κ1) is 10.7. The number of esters is 1. The summed E-state index contributed by atoms with van der Waals surface area (Å²) in [6, 6.07) is 7.48. The maximum Gasteiger partial charge on any atom is 0.338 e. The molecule has 0 radical (unpaired) electrons. The molecule has 0 aliphatic heterocycles. The number of carbonyl (C=O) groups is 1. The number of aromatic nitrogens is 1. The third kappa shape index (κ3) is 2.24. The van der Waals surface area contributed by atoms with Gasteiger partial charge in [0.05, 0.1) is 5.56 Å². The van der Waals surface area contributed by atoms with Crippen molar-refractivity contribution in [3.05, 3.63) is 42.2 Å². The first-order valence-corrected chi connectivity index (χ1v) is 5.26. The largest absolute Gasteiger partial charge is 0.456 e. The van der Waals surface area contributed by atoms with Crippen molar-refractivity contribution in [3.8, 4) is 0 Å². The van der Waals surface area contributed by atoms with Gasteiger partial charge < -0.3 is 9.14 Å². The zero-order chi connectivity index (χ0) is 11.8. The molecule has 0 unspecified atom stereocenters. The van der Waals surface area contributed by atoms with Gasteiger partial charge in [0, 0.05) is 17.9 Å². The molecule has 2 aromatic heterocycles. The van der Waals surface area contributed by atoms with Crippen LogP contribution in [0.1, 0.15) is 31.1 Å². The number of nitrogens with zero attached hydrogens (tertiary/aromatic N) is 1. The highest BCUT2D eigenvalue weighted by molar-refractivity contribution is 5.90. The average molecular weight is 217 g/mol. The second kappa shape index (κ2) is 3.67. The summed E-state index contributed by atoms with van der Waals surface area (Å²) >= 11 is 0. The standard InChI is InChI=1S/C13H15NO2/c1-13(2,3)16-12(15)10-6-8-14-7-4-5-11(14)9-10/h4-9H,1-3H3. The fourth-order valence-corrected chi connectivity index (χ4v) is 1.50. The van der Waals surface area contributed by atoms with Crippen LogP contribution in [0.3, 0.4) is 0 Å². The van der Waals surface area contributed by atoms with Gasteiger partial charge in [0.15, 0.2) is 0 Å². The quantitative estimate of drug-likeness (QED) is 0.688. The van der Waals surface area contributed by atoms with Crippen LogP contribution in [-0.2, 0) is 4.74 Å². The summed E-state index contributed by atoms with van der Waals surface area (Å²) in [5.74, 6) is -0.281. The van der Waals surface area contributed by atoms with Gasteiger partial charge in [-0.05, 0) is 45.0 Å². The summed E-state index contributed by atoms with van der Waals surface area (Å²) in [5, 5.41) is 0. The third-order valence-electron chi connectivity index (χ3n) is 2.16. The lowest BCUT2D eigenvalue weighted by Gasteiger charge is -2.19. The SMILES string of the molecule is CC(C)(C)OC(=O)c1ccn2cccc2c1. The lowest BCUT2D eigenvalue weighted by Crippen LogP contribution is -2.23. The van der Waals surface area contributed by atoms with Gasteiger partial charge in [0.1, 0.15) is 5.60 Å². The Balaban J connectivity index is 2.29. The molecule has 16 heavy (non-hydrogen) atoms. The van der Waals surface area contributed by atoms with Crippen molar-refractivity contribution in [3.63, 3.8) is 0 Å². The molecule has 3 nitrogen and oxygen atoms in total. The molecular formula is C13H15NO2. The van der Waals surface area contributed by atoms with E-state index < -0.39 is 5.60 Å². The Hall–Kier alpha value is -1.77. The van der Waals surface area contributed by atoms with Gasteiger partial charge in [0.25, 0.3) is 0 Å². The van der Waals surface area contributed by atoms with E-state index >= 15 is 0 Å². The molecule has 0 saturated heterocycles. The van der Waals surface area contributed by atoms with Crippen molar-refractivity contribution in [2.45, 2.75) is 26.4 Å². The van der Waals surface area contributed by atoms with Gasteiger partial charge in [-0.1, -0.05) is 0 Å². The fourth-order valence-electron chi connectivity index (χ4n) is 1.50. The van der Waals surface area contributed by atoms with E-state index in [1.54, 1.807) is 6.07 Å². The van der Waals surface area contributed by atoms with Crippen molar-refractivity contribution in [2.75, 3.05) is 0 Å². The molecule has 0 bridgehead atoms. The molecule has 84 valence electrons. The Bertz CT molecular complexity index is 520. The lowest BCUT2D eigenvalue weighted by molar-refractivity contribution is 0.00696. The van der Waals surface area contributed by atoms with Gasteiger partial charge in [-0.3, -0.25) is 0 Å². The van der Waals surface area contributed by atoms with Gasteiger partial charge in [-0.25, -0.2) is 4.79 Å². The molecule has 0 aliphatic carbocycles. The third-order valence-corrected chi connectivity index (χ3v) is 2.16. The first-order chi connectivity index (χ1) is 7.46. The summed E-state index contributed by atoms with van der Waals surface area (Å²) in [6.45, 7) is 5.59. The number of carbonyl (C=O) groups excluding carboxylic acids is 1. The van der Waals surface area contributed by atoms with E-state index in [9.17, 15) is 4.79 Å². The highest BCUT2D eigenvalue weighted by Crippen LogP contribution is 2.14. The van der Waals surface area contributed by atoms with Crippen LogP contribution in [0.25, 0.3) is 5.52 Å². The number of fused-ring (bicyclic) bond motifs is 1. The van der Waals surface area contributed by atoms with Crippen LogP contribution >= 0.6 is 0 Å². The molecule has 0 aromatic carbocycles. The van der Waals surface area contributed by atoms with Crippen LogP contribution in [0, 0.1) is 0 Å². The molecule has 2 heterocycles. The molecule has 2 aromatic rings. The zero-order valence-corrected chi connectivity index (χ0v) is 9.73. The molecule has 0 amide bonds. The van der Waals surface area contributed by atoms with Crippen molar-refractivity contribution in [1.82, 2.24) is 4.40 Å². The van der Waals surface area contributed by atoms with E-state index in [0.29, 0.717) is 5.56 Å². The van der Waals surface area contributed by atoms with Gasteiger partial charge in [-0.2, -0.15) is 0 Å². The van der Waals surface area contributed by atoms with Crippen LogP contribution in [0.15, 0.2) is 36.7 Å². The number of ether oxygens (including phenoxy) is 1. The van der Waals surface area contributed by atoms with E-state index in [0.717, 1.165) is 5.52 Å². The molecule has 0 aliphatic rings. The number of hydrogen-bond acceptors (Lipinski definition) is 2. The van der Waals surface area contributed by atoms with Crippen LogP contribution in [0.2, 0.25) is 0 Å².